The van der Waals surface area contributed by atoms with Gasteiger partial charge >= 0.3 is 5.97 Å². The smallest absolute Gasteiger partial charge is 0.350 e. The fraction of sp³-hybridized carbons (Fsp3) is 0.423. The molecule has 1 aromatic carbocycles. The van der Waals surface area contributed by atoms with Gasteiger partial charge in [0.2, 0.25) is 17.6 Å². The number of aromatic nitrogens is 5. The highest BCUT2D eigenvalue weighted by molar-refractivity contribution is 7.17. The minimum atomic E-state index is -0.605. The number of ether oxygens (including phenoxy) is 1. The van der Waals surface area contributed by atoms with E-state index in [1.807, 2.05) is 39.0 Å². The maximum atomic E-state index is 13.2. The molecule has 1 fully saturated rings. The Kier molecular flexibility index (Phi) is 6.59. The molecule has 0 spiro atoms. The Morgan fingerprint density at radius 1 is 1.16 bits per heavy atom. The summed E-state index contributed by atoms with van der Waals surface area (Å²) in [5.41, 5.74) is 1.54. The van der Waals surface area contributed by atoms with Crippen molar-refractivity contribution < 1.29 is 18.8 Å². The van der Waals surface area contributed by atoms with Gasteiger partial charge in [0.1, 0.15) is 22.6 Å². The first-order chi connectivity index (χ1) is 18.0. The molecule has 1 aliphatic rings. The first-order valence-electron chi connectivity index (χ1n) is 12.3. The van der Waals surface area contributed by atoms with E-state index in [2.05, 4.69) is 30.4 Å². The second-order valence-electron chi connectivity index (χ2n) is 10.4. The van der Waals surface area contributed by atoms with Crippen LogP contribution in [0.25, 0.3) is 22.3 Å². The van der Waals surface area contributed by atoms with Crippen LogP contribution in [0.4, 0.5) is 10.9 Å². The molecule has 198 valence electrons. The van der Waals surface area contributed by atoms with Crippen LogP contribution in [0.1, 0.15) is 54.9 Å². The molecule has 1 aliphatic carbocycles. The highest BCUT2D eigenvalue weighted by Gasteiger charge is 2.38. The van der Waals surface area contributed by atoms with Crippen molar-refractivity contribution in [3.05, 3.63) is 41.0 Å². The van der Waals surface area contributed by atoms with Gasteiger partial charge in [0.05, 0.1) is 11.2 Å². The summed E-state index contributed by atoms with van der Waals surface area (Å²) in [6, 6.07) is 5.81. The number of carbonyl (C=O) groups excluding carboxylic acids is 2. The van der Waals surface area contributed by atoms with Gasteiger partial charge in [-0.15, -0.1) is 0 Å². The van der Waals surface area contributed by atoms with E-state index in [1.54, 1.807) is 20.9 Å². The number of aryl methyl sites for hydroxylation is 2. The number of amides is 1. The van der Waals surface area contributed by atoms with Crippen molar-refractivity contribution in [1.82, 2.24) is 25.1 Å². The van der Waals surface area contributed by atoms with Crippen LogP contribution in [0.3, 0.4) is 0 Å². The first kappa shape index (κ1) is 25.7. The first-order valence-corrected chi connectivity index (χ1v) is 13.1. The van der Waals surface area contributed by atoms with Gasteiger partial charge in [-0.25, -0.2) is 19.7 Å². The Bertz CT molecular complexity index is 1520. The highest BCUT2D eigenvalue weighted by Crippen LogP contribution is 2.36. The summed E-state index contributed by atoms with van der Waals surface area (Å²) in [4.78, 5) is 45.2. The second kappa shape index (κ2) is 9.75. The van der Waals surface area contributed by atoms with Gasteiger partial charge in [-0.2, -0.15) is 4.98 Å². The van der Waals surface area contributed by atoms with Crippen LogP contribution in [0.2, 0.25) is 0 Å². The summed E-state index contributed by atoms with van der Waals surface area (Å²) >= 11 is 1.17. The average molecular weight is 536 g/mol. The Hall–Kier alpha value is -3.93. The molecule has 0 atom stereocenters. The molecule has 0 radical (unpaired) electrons. The zero-order chi connectivity index (χ0) is 27.2. The summed E-state index contributed by atoms with van der Waals surface area (Å²) in [7, 11) is 1.69. The lowest BCUT2D eigenvalue weighted by atomic mass is 9.79. The van der Waals surface area contributed by atoms with Crippen molar-refractivity contribution in [2.75, 3.05) is 17.3 Å². The molecule has 0 bridgehead atoms. The lowest BCUT2D eigenvalue weighted by Crippen LogP contribution is -2.45. The zero-order valence-corrected chi connectivity index (χ0v) is 22.9. The van der Waals surface area contributed by atoms with Crippen LogP contribution in [-0.4, -0.2) is 55.7 Å². The van der Waals surface area contributed by atoms with E-state index in [4.69, 9.17) is 9.26 Å². The third kappa shape index (κ3) is 5.21. The van der Waals surface area contributed by atoms with Crippen LogP contribution >= 0.6 is 11.3 Å². The standard InChI is InChI=1S/C26H29N7O4S/c1-13-20(24(35)36-26(3,4)5)38-25(29-13)33(6)23(34)16-9-17(10-16)31-22-18-11-15(21-30-14(2)37-32-21)7-8-19(18)27-12-28-22/h7-8,11-12,16-17H,9-10H2,1-6H3,(H,27,28,31). The fourth-order valence-electron chi connectivity index (χ4n) is 4.27. The zero-order valence-electron chi connectivity index (χ0n) is 22.1. The van der Waals surface area contributed by atoms with Crippen molar-refractivity contribution in [3.63, 3.8) is 0 Å². The predicted octanol–water partition coefficient (Wildman–Crippen LogP) is 4.56. The summed E-state index contributed by atoms with van der Waals surface area (Å²) < 4.78 is 10.6. The molecule has 1 amide bonds. The molecule has 5 rings (SSSR count). The molecule has 38 heavy (non-hydrogen) atoms. The van der Waals surface area contributed by atoms with E-state index in [0.29, 0.717) is 46.1 Å². The van der Waals surface area contributed by atoms with Gasteiger partial charge in [0, 0.05) is 36.9 Å². The molecule has 1 saturated carbocycles. The molecular formula is C26H29N7O4S. The van der Waals surface area contributed by atoms with Crippen LogP contribution in [0, 0.1) is 19.8 Å². The van der Waals surface area contributed by atoms with E-state index < -0.39 is 11.6 Å². The molecule has 0 unspecified atom stereocenters. The number of hydrogen-bond donors (Lipinski definition) is 1. The van der Waals surface area contributed by atoms with Crippen LogP contribution in [-0.2, 0) is 9.53 Å². The van der Waals surface area contributed by atoms with Crippen LogP contribution in [0.15, 0.2) is 29.0 Å². The van der Waals surface area contributed by atoms with Gasteiger partial charge in [-0.05, 0) is 58.7 Å². The molecule has 1 N–H and O–H groups in total. The molecule has 4 aromatic rings. The lowest BCUT2D eigenvalue weighted by Gasteiger charge is -2.36. The van der Waals surface area contributed by atoms with Crippen molar-refractivity contribution in [2.24, 2.45) is 5.92 Å². The van der Waals surface area contributed by atoms with E-state index in [0.717, 1.165) is 16.5 Å². The number of thiazole rings is 1. The maximum absolute atomic E-state index is 13.2. The van der Waals surface area contributed by atoms with Crippen molar-refractivity contribution >= 4 is 45.1 Å². The van der Waals surface area contributed by atoms with Crippen LogP contribution in [0.5, 0.6) is 0 Å². The summed E-state index contributed by atoms with van der Waals surface area (Å²) in [5.74, 6) is 1.07. The van der Waals surface area contributed by atoms with E-state index >= 15 is 0 Å². The molecular weight excluding hydrogens is 506 g/mol. The maximum Gasteiger partial charge on any atom is 0.350 e. The van der Waals surface area contributed by atoms with Gasteiger partial charge < -0.3 is 14.6 Å². The normalized spacial score (nSPS) is 17.2. The third-order valence-corrected chi connectivity index (χ3v) is 7.45. The van der Waals surface area contributed by atoms with E-state index in [-0.39, 0.29) is 17.9 Å². The minimum absolute atomic E-state index is 0.0325. The highest BCUT2D eigenvalue weighted by atomic mass is 32.1. The average Bonchev–Trinajstić information content (AvgIpc) is 3.44. The van der Waals surface area contributed by atoms with Gasteiger partial charge in [-0.1, -0.05) is 16.5 Å². The lowest BCUT2D eigenvalue weighted by molar-refractivity contribution is -0.124. The number of carbonyl (C=O) groups is 2. The number of anilines is 2. The topological polar surface area (TPSA) is 136 Å². The summed E-state index contributed by atoms with van der Waals surface area (Å²) in [6.45, 7) is 8.94. The van der Waals surface area contributed by atoms with Crippen molar-refractivity contribution in [2.45, 2.75) is 59.1 Å². The predicted molar refractivity (Wildman–Crippen MR) is 143 cm³/mol. The Morgan fingerprint density at radius 3 is 2.61 bits per heavy atom. The van der Waals surface area contributed by atoms with Crippen molar-refractivity contribution in [1.29, 1.82) is 0 Å². The number of hydrogen-bond acceptors (Lipinski definition) is 11. The minimum Gasteiger partial charge on any atom is -0.456 e. The number of nitrogens with one attached hydrogen (secondary N) is 1. The van der Waals surface area contributed by atoms with E-state index in [1.165, 1.54) is 22.6 Å². The number of benzene rings is 1. The summed E-state index contributed by atoms with van der Waals surface area (Å²) in [5, 5.41) is 8.77. The second-order valence-corrected chi connectivity index (χ2v) is 11.4. The number of esters is 1. The van der Waals surface area contributed by atoms with Gasteiger partial charge in [0.25, 0.3) is 0 Å². The van der Waals surface area contributed by atoms with Crippen LogP contribution < -0.4 is 10.2 Å². The number of nitrogens with zero attached hydrogens (tertiary/aromatic N) is 6. The Balaban J connectivity index is 1.24. The molecule has 12 heteroatoms. The molecule has 3 heterocycles. The number of rotatable bonds is 6. The molecule has 3 aromatic heterocycles. The SMILES string of the molecule is Cc1nc(-c2ccc3ncnc(NC4CC(C(=O)N(C)c5nc(C)c(C(=O)OC(C)(C)C)s5)C4)c3c2)no1. The van der Waals surface area contributed by atoms with Gasteiger partial charge in [-0.3, -0.25) is 9.69 Å². The van der Waals surface area contributed by atoms with Gasteiger partial charge in [0.15, 0.2) is 5.13 Å². The third-order valence-electron chi connectivity index (χ3n) is 6.24. The van der Waals surface area contributed by atoms with E-state index in [9.17, 15) is 9.59 Å². The molecule has 0 saturated heterocycles. The number of fused-ring (bicyclic) bond motifs is 1. The Morgan fingerprint density at radius 2 is 1.92 bits per heavy atom. The largest absolute Gasteiger partial charge is 0.456 e. The Labute approximate surface area is 223 Å². The monoisotopic (exact) mass is 535 g/mol. The fourth-order valence-corrected chi connectivity index (χ4v) is 5.18. The molecule has 0 aliphatic heterocycles. The van der Waals surface area contributed by atoms with Crippen molar-refractivity contribution in [3.8, 4) is 11.4 Å². The summed E-state index contributed by atoms with van der Waals surface area (Å²) in [6.07, 6.45) is 2.83. The molecule has 11 nitrogen and oxygen atoms in total. The quantitative estimate of drug-likeness (QED) is 0.350.